The molecule has 156 valence electrons. The third kappa shape index (κ3) is 8.10. The van der Waals surface area contributed by atoms with Crippen molar-refractivity contribution in [3.8, 4) is 0 Å². The molecule has 0 saturated heterocycles. The number of aromatic carboxylic acids is 1. The molecular weight excluding hydrogens is 362 g/mol. The number of carboxylic acids is 1. The molecule has 0 spiro atoms. The summed E-state index contributed by atoms with van der Waals surface area (Å²) < 4.78 is 1.71. The van der Waals surface area contributed by atoms with Gasteiger partial charge in [-0.05, 0) is 43.7 Å². The van der Waals surface area contributed by atoms with Crippen LogP contribution in [0.1, 0.15) is 84.2 Å². The summed E-state index contributed by atoms with van der Waals surface area (Å²) in [5.74, 6) is -0.941. The van der Waals surface area contributed by atoms with Crippen molar-refractivity contribution in [2.24, 2.45) is 0 Å². The van der Waals surface area contributed by atoms with Crippen LogP contribution < -0.4 is 0 Å². The molecular formula is C25H33NO3. The maximum Gasteiger partial charge on any atom is 0.352 e. The molecule has 0 aliphatic rings. The lowest BCUT2D eigenvalue weighted by molar-refractivity contribution is 0.0685. The van der Waals surface area contributed by atoms with E-state index in [1.165, 1.54) is 30.9 Å². The molecule has 0 aliphatic carbocycles. The highest BCUT2D eigenvalue weighted by Gasteiger charge is 2.16. The van der Waals surface area contributed by atoms with Gasteiger partial charge in [0.1, 0.15) is 5.69 Å². The lowest BCUT2D eigenvalue weighted by Gasteiger charge is -2.06. The summed E-state index contributed by atoms with van der Waals surface area (Å²) in [6, 6.07) is 11.7. The SMILES string of the molecule is C=CCCCCCCCCC(=O)c1cc(C(=O)O)n(CCCc2ccccc2)c1. The third-order valence-electron chi connectivity index (χ3n) is 5.21. The van der Waals surface area contributed by atoms with Crippen LogP contribution in [0.3, 0.4) is 0 Å². The number of aryl methyl sites for hydroxylation is 2. The van der Waals surface area contributed by atoms with E-state index in [1.807, 2.05) is 24.3 Å². The van der Waals surface area contributed by atoms with Gasteiger partial charge >= 0.3 is 5.97 Å². The van der Waals surface area contributed by atoms with Crippen LogP contribution in [0.2, 0.25) is 0 Å². The van der Waals surface area contributed by atoms with Crippen molar-refractivity contribution in [2.75, 3.05) is 0 Å². The number of carbonyl (C=O) groups excluding carboxylic acids is 1. The van der Waals surface area contributed by atoms with Crippen LogP contribution in [0.5, 0.6) is 0 Å². The minimum Gasteiger partial charge on any atom is -0.477 e. The van der Waals surface area contributed by atoms with E-state index in [9.17, 15) is 14.7 Å². The fraction of sp³-hybridized carbons (Fsp3) is 0.440. The molecule has 4 nitrogen and oxygen atoms in total. The summed E-state index contributed by atoms with van der Waals surface area (Å²) in [5.41, 5.74) is 1.95. The van der Waals surface area contributed by atoms with Crippen LogP contribution in [0.15, 0.2) is 55.3 Å². The number of allylic oxidation sites excluding steroid dienone is 1. The zero-order chi connectivity index (χ0) is 20.9. The Morgan fingerprint density at radius 3 is 2.34 bits per heavy atom. The number of hydrogen-bond donors (Lipinski definition) is 1. The minimum atomic E-state index is -0.983. The molecule has 29 heavy (non-hydrogen) atoms. The summed E-state index contributed by atoms with van der Waals surface area (Å²) in [7, 11) is 0. The van der Waals surface area contributed by atoms with Crippen LogP contribution in [-0.4, -0.2) is 21.4 Å². The monoisotopic (exact) mass is 395 g/mol. The number of nitrogens with zero attached hydrogens (tertiary/aromatic N) is 1. The van der Waals surface area contributed by atoms with E-state index in [4.69, 9.17) is 0 Å². The van der Waals surface area contributed by atoms with E-state index >= 15 is 0 Å². The Bertz CT molecular complexity index is 777. The number of unbranched alkanes of at least 4 members (excludes halogenated alkanes) is 6. The summed E-state index contributed by atoms with van der Waals surface area (Å²) in [6.45, 7) is 4.32. The quantitative estimate of drug-likeness (QED) is 0.218. The van der Waals surface area contributed by atoms with Gasteiger partial charge in [-0.1, -0.05) is 62.1 Å². The van der Waals surface area contributed by atoms with Crippen LogP contribution in [-0.2, 0) is 13.0 Å². The largest absolute Gasteiger partial charge is 0.477 e. The van der Waals surface area contributed by atoms with E-state index in [0.717, 1.165) is 38.5 Å². The Hall–Kier alpha value is -2.62. The first-order valence-electron chi connectivity index (χ1n) is 10.7. The van der Waals surface area contributed by atoms with Crippen molar-refractivity contribution in [3.63, 3.8) is 0 Å². The second-order valence-corrected chi connectivity index (χ2v) is 7.57. The van der Waals surface area contributed by atoms with Crippen molar-refractivity contribution in [1.82, 2.24) is 4.57 Å². The number of ketones is 1. The number of rotatable bonds is 15. The van der Waals surface area contributed by atoms with E-state index in [-0.39, 0.29) is 11.5 Å². The second kappa shape index (κ2) is 12.8. The summed E-state index contributed by atoms with van der Waals surface area (Å²) in [5, 5.41) is 9.47. The highest BCUT2D eigenvalue weighted by Crippen LogP contribution is 2.16. The maximum absolute atomic E-state index is 12.5. The molecule has 1 aromatic carbocycles. The van der Waals surface area contributed by atoms with Gasteiger partial charge in [0, 0.05) is 24.7 Å². The normalized spacial score (nSPS) is 10.8. The number of hydrogen-bond acceptors (Lipinski definition) is 2. The fourth-order valence-electron chi connectivity index (χ4n) is 3.55. The standard InChI is InChI=1S/C25H33NO3/c1-2-3-4-5-6-7-8-12-17-24(27)22-19-23(25(28)29)26(20-22)18-13-16-21-14-10-9-11-15-21/h2,9-11,14-15,19-20H,1,3-8,12-13,16-18H2,(H,28,29). The molecule has 0 amide bonds. The average Bonchev–Trinajstić information content (AvgIpc) is 3.15. The van der Waals surface area contributed by atoms with Crippen LogP contribution >= 0.6 is 0 Å². The number of Topliss-reactive ketones (excluding diaryl/α,β-unsaturated/α-hetero) is 1. The molecule has 1 aromatic heterocycles. The lowest BCUT2D eigenvalue weighted by Crippen LogP contribution is -2.08. The molecule has 0 bridgehead atoms. The Morgan fingerprint density at radius 2 is 1.66 bits per heavy atom. The first-order valence-corrected chi connectivity index (χ1v) is 10.7. The molecule has 0 unspecified atom stereocenters. The summed E-state index contributed by atoms with van der Waals surface area (Å²) >= 11 is 0. The molecule has 0 aliphatic heterocycles. The lowest BCUT2D eigenvalue weighted by atomic mass is 10.0. The summed E-state index contributed by atoms with van der Waals surface area (Å²) in [4.78, 5) is 24.0. The fourth-order valence-corrected chi connectivity index (χ4v) is 3.55. The highest BCUT2D eigenvalue weighted by molar-refractivity contribution is 5.98. The third-order valence-corrected chi connectivity index (χ3v) is 5.21. The first kappa shape index (κ1) is 22.7. The molecule has 1 N–H and O–H groups in total. The number of carbonyl (C=O) groups is 2. The Balaban J connectivity index is 1.79. The predicted octanol–water partition coefficient (Wildman–Crippen LogP) is 6.31. The molecule has 1 heterocycles. The van der Waals surface area contributed by atoms with Gasteiger partial charge < -0.3 is 9.67 Å². The van der Waals surface area contributed by atoms with Gasteiger partial charge in [-0.15, -0.1) is 6.58 Å². The van der Waals surface area contributed by atoms with Gasteiger partial charge in [0.2, 0.25) is 0 Å². The maximum atomic E-state index is 12.5. The van der Waals surface area contributed by atoms with E-state index in [2.05, 4.69) is 18.7 Å². The minimum absolute atomic E-state index is 0.0426. The van der Waals surface area contributed by atoms with E-state index in [0.29, 0.717) is 18.5 Å². The molecule has 2 rings (SSSR count). The van der Waals surface area contributed by atoms with Gasteiger partial charge in [-0.25, -0.2) is 4.79 Å². The van der Waals surface area contributed by atoms with Crippen molar-refractivity contribution in [3.05, 3.63) is 72.1 Å². The predicted molar refractivity (Wildman–Crippen MR) is 118 cm³/mol. The van der Waals surface area contributed by atoms with Crippen LogP contribution in [0.25, 0.3) is 0 Å². The van der Waals surface area contributed by atoms with E-state index in [1.54, 1.807) is 10.8 Å². The smallest absolute Gasteiger partial charge is 0.352 e. The topological polar surface area (TPSA) is 59.3 Å². The van der Waals surface area contributed by atoms with E-state index < -0.39 is 5.97 Å². The zero-order valence-corrected chi connectivity index (χ0v) is 17.3. The van der Waals surface area contributed by atoms with Crippen molar-refractivity contribution >= 4 is 11.8 Å². The molecule has 0 fully saturated rings. The second-order valence-electron chi connectivity index (χ2n) is 7.57. The molecule has 0 atom stereocenters. The van der Waals surface area contributed by atoms with Gasteiger partial charge in [-0.2, -0.15) is 0 Å². The molecule has 0 saturated carbocycles. The Labute approximate surface area is 174 Å². The number of aromatic nitrogens is 1. The van der Waals surface area contributed by atoms with Crippen molar-refractivity contribution in [1.29, 1.82) is 0 Å². The Kier molecular flexibility index (Phi) is 9.98. The number of benzene rings is 1. The van der Waals surface area contributed by atoms with Crippen LogP contribution in [0, 0.1) is 0 Å². The van der Waals surface area contributed by atoms with Gasteiger partial charge in [0.05, 0.1) is 0 Å². The van der Waals surface area contributed by atoms with Crippen molar-refractivity contribution < 1.29 is 14.7 Å². The molecule has 4 heteroatoms. The van der Waals surface area contributed by atoms with Crippen LogP contribution in [0.4, 0.5) is 0 Å². The van der Waals surface area contributed by atoms with Gasteiger partial charge in [-0.3, -0.25) is 4.79 Å². The van der Waals surface area contributed by atoms with Gasteiger partial charge in [0.15, 0.2) is 5.78 Å². The molecule has 2 aromatic rings. The van der Waals surface area contributed by atoms with Crippen molar-refractivity contribution in [2.45, 2.75) is 70.8 Å². The van der Waals surface area contributed by atoms with Gasteiger partial charge in [0.25, 0.3) is 0 Å². The summed E-state index contributed by atoms with van der Waals surface area (Å²) in [6.07, 6.45) is 13.6. The Morgan fingerprint density at radius 1 is 0.966 bits per heavy atom. The number of carboxylic acid groups (broad SMARTS) is 1. The first-order chi connectivity index (χ1) is 14.1. The highest BCUT2D eigenvalue weighted by atomic mass is 16.4. The zero-order valence-electron chi connectivity index (χ0n) is 17.3. The average molecular weight is 396 g/mol. The molecule has 0 radical (unpaired) electrons.